The molecule has 1 N–H and O–H groups in total. The molecule has 110 valence electrons. The number of aliphatic carboxylic acids is 1. The molecule has 2 heterocycles. The summed E-state index contributed by atoms with van der Waals surface area (Å²) in [6, 6.07) is 0. The van der Waals surface area contributed by atoms with Gasteiger partial charge in [-0.2, -0.15) is 0 Å². The lowest BCUT2D eigenvalue weighted by Crippen LogP contribution is -2.29. The number of hydrogen-bond acceptors (Lipinski definition) is 4. The summed E-state index contributed by atoms with van der Waals surface area (Å²) in [7, 11) is 0. The first kappa shape index (κ1) is 13.9. The standard InChI is InChI=1S/C14H21N3O2S/c18-13(19)10-6-3-4-7-11(10)20-14-16-15-12-8-2-1-5-9-17(12)14/h10-11H,1-9H2,(H,18,19). The van der Waals surface area contributed by atoms with Gasteiger partial charge in [0, 0.05) is 18.2 Å². The van der Waals surface area contributed by atoms with Crippen molar-refractivity contribution >= 4 is 17.7 Å². The fraction of sp³-hybridized carbons (Fsp3) is 0.786. The summed E-state index contributed by atoms with van der Waals surface area (Å²) in [5.41, 5.74) is 0. The fourth-order valence-corrected chi connectivity index (χ4v) is 4.59. The van der Waals surface area contributed by atoms with E-state index in [1.54, 1.807) is 11.8 Å². The van der Waals surface area contributed by atoms with E-state index in [0.29, 0.717) is 0 Å². The van der Waals surface area contributed by atoms with Crippen LogP contribution in [0.5, 0.6) is 0 Å². The Hall–Kier alpha value is -1.04. The molecule has 1 aliphatic carbocycles. The van der Waals surface area contributed by atoms with E-state index >= 15 is 0 Å². The summed E-state index contributed by atoms with van der Waals surface area (Å²) in [5.74, 6) is 0.193. The smallest absolute Gasteiger partial charge is 0.307 e. The maximum absolute atomic E-state index is 11.4. The molecule has 2 unspecified atom stereocenters. The number of aromatic nitrogens is 3. The van der Waals surface area contributed by atoms with Crippen molar-refractivity contribution in [1.82, 2.24) is 14.8 Å². The summed E-state index contributed by atoms with van der Waals surface area (Å²) in [4.78, 5) is 11.4. The topological polar surface area (TPSA) is 68.0 Å². The van der Waals surface area contributed by atoms with Gasteiger partial charge >= 0.3 is 5.97 Å². The van der Waals surface area contributed by atoms with E-state index < -0.39 is 5.97 Å². The molecule has 0 saturated heterocycles. The molecular weight excluding hydrogens is 274 g/mol. The lowest BCUT2D eigenvalue weighted by molar-refractivity contribution is -0.142. The molecule has 20 heavy (non-hydrogen) atoms. The van der Waals surface area contributed by atoms with Crippen LogP contribution in [0.15, 0.2) is 5.16 Å². The molecule has 0 spiro atoms. The summed E-state index contributed by atoms with van der Waals surface area (Å²) in [5, 5.41) is 19.1. The van der Waals surface area contributed by atoms with Crippen molar-refractivity contribution in [2.24, 2.45) is 5.92 Å². The Bertz CT molecular complexity index is 489. The molecular formula is C14H21N3O2S. The SMILES string of the molecule is O=C(O)C1CCCCC1Sc1nnc2n1CCCCC2. The second-order valence-corrected chi connectivity index (χ2v) is 6.95. The van der Waals surface area contributed by atoms with Crippen LogP contribution in [-0.4, -0.2) is 31.1 Å². The molecule has 3 rings (SSSR count). The Kier molecular flexibility index (Phi) is 4.29. The van der Waals surface area contributed by atoms with Crippen LogP contribution in [0.2, 0.25) is 0 Å². The van der Waals surface area contributed by atoms with Crippen LogP contribution in [0.25, 0.3) is 0 Å². The Morgan fingerprint density at radius 1 is 1.15 bits per heavy atom. The molecule has 5 nitrogen and oxygen atoms in total. The fourth-order valence-electron chi connectivity index (χ4n) is 3.20. The number of thioether (sulfide) groups is 1. The normalized spacial score (nSPS) is 26.8. The molecule has 6 heteroatoms. The van der Waals surface area contributed by atoms with Crippen LogP contribution in [0.3, 0.4) is 0 Å². The third-order valence-electron chi connectivity index (χ3n) is 4.35. The van der Waals surface area contributed by atoms with Gasteiger partial charge in [0.05, 0.1) is 5.92 Å². The minimum atomic E-state index is -0.655. The number of carbonyl (C=O) groups is 1. The van der Waals surface area contributed by atoms with Crippen LogP contribution in [0.4, 0.5) is 0 Å². The number of aryl methyl sites for hydroxylation is 1. The minimum absolute atomic E-state index is 0.151. The Labute approximate surface area is 123 Å². The third-order valence-corrected chi connectivity index (χ3v) is 5.73. The second-order valence-electron chi connectivity index (χ2n) is 5.75. The van der Waals surface area contributed by atoms with Crippen molar-refractivity contribution in [1.29, 1.82) is 0 Å². The van der Waals surface area contributed by atoms with Gasteiger partial charge in [-0.25, -0.2) is 0 Å². The highest BCUT2D eigenvalue weighted by Crippen LogP contribution is 2.37. The second kappa shape index (κ2) is 6.16. The molecule has 2 aliphatic rings. The van der Waals surface area contributed by atoms with Crippen LogP contribution >= 0.6 is 11.8 Å². The number of rotatable bonds is 3. The molecule has 2 atom stereocenters. The van der Waals surface area contributed by atoms with Gasteiger partial charge in [-0.15, -0.1) is 10.2 Å². The predicted molar refractivity (Wildman–Crippen MR) is 76.8 cm³/mol. The van der Waals surface area contributed by atoms with Crippen LogP contribution in [-0.2, 0) is 17.8 Å². The molecule has 1 aromatic heterocycles. The van der Waals surface area contributed by atoms with Crippen LogP contribution in [0.1, 0.15) is 50.8 Å². The molecule has 0 aromatic carbocycles. The Morgan fingerprint density at radius 3 is 2.85 bits per heavy atom. The summed E-state index contributed by atoms with van der Waals surface area (Å²) in [6.07, 6.45) is 8.54. The highest BCUT2D eigenvalue weighted by atomic mass is 32.2. The zero-order chi connectivity index (χ0) is 13.9. The maximum Gasteiger partial charge on any atom is 0.307 e. The number of fused-ring (bicyclic) bond motifs is 1. The number of carboxylic acid groups (broad SMARTS) is 1. The third kappa shape index (κ3) is 2.85. The van der Waals surface area contributed by atoms with Crippen molar-refractivity contribution in [3.63, 3.8) is 0 Å². The van der Waals surface area contributed by atoms with Crippen molar-refractivity contribution < 1.29 is 9.90 Å². The summed E-state index contributed by atoms with van der Waals surface area (Å²) >= 11 is 1.64. The molecule has 1 aliphatic heterocycles. The van der Waals surface area contributed by atoms with E-state index in [1.165, 1.54) is 19.3 Å². The van der Waals surface area contributed by atoms with E-state index in [9.17, 15) is 9.90 Å². The van der Waals surface area contributed by atoms with Gasteiger partial charge < -0.3 is 9.67 Å². The number of hydrogen-bond donors (Lipinski definition) is 1. The van der Waals surface area contributed by atoms with E-state index in [0.717, 1.165) is 49.6 Å². The molecule has 1 saturated carbocycles. The largest absolute Gasteiger partial charge is 0.481 e. The maximum atomic E-state index is 11.4. The van der Waals surface area contributed by atoms with Gasteiger partial charge in [0.2, 0.25) is 0 Å². The van der Waals surface area contributed by atoms with Crippen molar-refractivity contribution in [3.05, 3.63) is 5.82 Å². The lowest BCUT2D eigenvalue weighted by Gasteiger charge is -2.27. The van der Waals surface area contributed by atoms with Gasteiger partial charge in [-0.05, 0) is 25.7 Å². The van der Waals surface area contributed by atoms with Gasteiger partial charge in [0.25, 0.3) is 0 Å². The summed E-state index contributed by atoms with van der Waals surface area (Å²) in [6.45, 7) is 0.981. The average molecular weight is 295 g/mol. The highest BCUT2D eigenvalue weighted by molar-refractivity contribution is 7.99. The Morgan fingerprint density at radius 2 is 2.00 bits per heavy atom. The first-order valence-corrected chi connectivity index (χ1v) is 8.45. The van der Waals surface area contributed by atoms with E-state index in [4.69, 9.17) is 0 Å². The van der Waals surface area contributed by atoms with Crippen LogP contribution in [0, 0.1) is 5.92 Å². The molecule has 0 bridgehead atoms. The predicted octanol–water partition coefficient (Wildman–Crippen LogP) is 2.74. The monoisotopic (exact) mass is 295 g/mol. The van der Waals surface area contributed by atoms with E-state index in [1.807, 2.05) is 0 Å². The zero-order valence-corrected chi connectivity index (χ0v) is 12.4. The molecule has 1 fully saturated rings. The van der Waals surface area contributed by atoms with Crippen LogP contribution < -0.4 is 0 Å². The van der Waals surface area contributed by atoms with Crippen molar-refractivity contribution in [2.75, 3.05) is 0 Å². The lowest BCUT2D eigenvalue weighted by atomic mass is 9.89. The zero-order valence-electron chi connectivity index (χ0n) is 11.6. The number of nitrogens with zero attached hydrogens (tertiary/aromatic N) is 3. The van der Waals surface area contributed by atoms with E-state index in [-0.39, 0.29) is 11.2 Å². The molecule has 0 radical (unpaired) electrons. The van der Waals surface area contributed by atoms with Crippen molar-refractivity contribution in [3.8, 4) is 0 Å². The number of carboxylic acids is 1. The molecule has 1 aromatic rings. The van der Waals surface area contributed by atoms with Gasteiger partial charge in [-0.3, -0.25) is 4.79 Å². The van der Waals surface area contributed by atoms with E-state index in [2.05, 4.69) is 14.8 Å². The summed E-state index contributed by atoms with van der Waals surface area (Å²) < 4.78 is 2.21. The Balaban J connectivity index is 1.76. The first-order valence-electron chi connectivity index (χ1n) is 7.57. The highest BCUT2D eigenvalue weighted by Gasteiger charge is 2.33. The van der Waals surface area contributed by atoms with Gasteiger partial charge in [0.15, 0.2) is 5.16 Å². The van der Waals surface area contributed by atoms with Gasteiger partial charge in [0.1, 0.15) is 5.82 Å². The van der Waals surface area contributed by atoms with Gasteiger partial charge in [-0.1, -0.05) is 31.0 Å². The van der Waals surface area contributed by atoms with Crippen molar-refractivity contribution in [2.45, 2.75) is 68.3 Å². The molecule has 0 amide bonds. The first-order chi connectivity index (χ1) is 9.75. The quantitative estimate of drug-likeness (QED) is 0.928. The minimum Gasteiger partial charge on any atom is -0.481 e. The average Bonchev–Trinajstić information content (AvgIpc) is 2.68.